The highest BCUT2D eigenvalue weighted by molar-refractivity contribution is 6.33. The molecule has 8 heteroatoms. The van der Waals surface area contributed by atoms with E-state index in [0.29, 0.717) is 22.1 Å². The summed E-state index contributed by atoms with van der Waals surface area (Å²) in [5, 5.41) is 5.03. The van der Waals surface area contributed by atoms with Crippen LogP contribution < -0.4 is 10.4 Å². The van der Waals surface area contributed by atoms with Gasteiger partial charge in [0.15, 0.2) is 5.82 Å². The van der Waals surface area contributed by atoms with Crippen molar-refractivity contribution < 1.29 is 14.3 Å². The lowest BCUT2D eigenvalue weighted by atomic mass is 10.1. The van der Waals surface area contributed by atoms with Gasteiger partial charge in [0, 0.05) is 11.6 Å². The maximum absolute atomic E-state index is 11.9. The summed E-state index contributed by atoms with van der Waals surface area (Å²) in [4.78, 5) is 27.7. The highest BCUT2D eigenvalue weighted by Crippen LogP contribution is 2.33. The fraction of sp³-hybridized carbons (Fsp3) is 0.136. The Hall–Kier alpha value is -3.58. The first-order valence-corrected chi connectivity index (χ1v) is 9.57. The van der Waals surface area contributed by atoms with E-state index in [2.05, 4.69) is 10.1 Å². The van der Waals surface area contributed by atoms with Crippen molar-refractivity contribution in [3.05, 3.63) is 76.2 Å². The third-order valence-electron chi connectivity index (χ3n) is 4.72. The number of nitrogens with zero attached hydrogens (tertiary/aromatic N) is 2. The average molecular weight is 424 g/mol. The molecule has 152 valence electrons. The van der Waals surface area contributed by atoms with Gasteiger partial charge in [0.2, 0.25) is 0 Å². The Morgan fingerprint density at radius 1 is 1.07 bits per heavy atom. The first kappa shape index (κ1) is 19.7. The quantitative estimate of drug-likeness (QED) is 0.475. The van der Waals surface area contributed by atoms with Crippen LogP contribution >= 0.6 is 11.6 Å². The summed E-state index contributed by atoms with van der Waals surface area (Å²) < 4.78 is 12.0. The Morgan fingerprint density at radius 2 is 1.77 bits per heavy atom. The summed E-state index contributed by atoms with van der Waals surface area (Å²) in [6.07, 6.45) is 0. The number of carbonyl (C=O) groups excluding carboxylic acids is 1. The molecule has 0 aliphatic rings. The van der Waals surface area contributed by atoms with Gasteiger partial charge >= 0.3 is 11.7 Å². The van der Waals surface area contributed by atoms with Crippen LogP contribution in [0.5, 0.6) is 11.5 Å². The molecule has 0 aliphatic carbocycles. The first-order chi connectivity index (χ1) is 14.5. The van der Waals surface area contributed by atoms with Gasteiger partial charge in [0.1, 0.15) is 17.5 Å². The summed E-state index contributed by atoms with van der Waals surface area (Å²) in [5.74, 6) is 0.926. The molecule has 0 saturated heterocycles. The Bertz CT molecular complexity index is 1300. The van der Waals surface area contributed by atoms with Gasteiger partial charge in [-0.2, -0.15) is 4.98 Å². The molecule has 3 aromatic carbocycles. The number of rotatable bonds is 5. The fourth-order valence-electron chi connectivity index (χ4n) is 3.18. The largest absolute Gasteiger partial charge is 0.467 e. The van der Waals surface area contributed by atoms with Crippen LogP contribution in [-0.2, 0) is 9.53 Å². The van der Waals surface area contributed by atoms with Crippen LogP contribution in [0, 0.1) is 0 Å². The number of H-pyrrole nitrogens is 1. The summed E-state index contributed by atoms with van der Waals surface area (Å²) in [7, 11) is 1.28. The van der Waals surface area contributed by atoms with Crippen molar-refractivity contribution >= 4 is 28.3 Å². The number of halogens is 1. The minimum atomic E-state index is -0.773. The van der Waals surface area contributed by atoms with E-state index in [0.717, 1.165) is 10.8 Å². The first-order valence-electron chi connectivity index (χ1n) is 9.19. The second kappa shape index (κ2) is 8.04. The van der Waals surface area contributed by atoms with Gasteiger partial charge in [-0.25, -0.2) is 14.7 Å². The smallest absolute Gasteiger partial charge is 0.361 e. The Kier molecular flexibility index (Phi) is 5.29. The van der Waals surface area contributed by atoms with Crippen LogP contribution in [0.4, 0.5) is 0 Å². The molecule has 0 bridgehead atoms. The van der Waals surface area contributed by atoms with Crippen LogP contribution in [0.3, 0.4) is 0 Å². The maximum atomic E-state index is 11.9. The van der Waals surface area contributed by atoms with Crippen LogP contribution in [0.2, 0.25) is 5.02 Å². The molecule has 1 N–H and O–H groups in total. The Labute approximate surface area is 176 Å². The third kappa shape index (κ3) is 3.79. The molecule has 0 radical (unpaired) electrons. The van der Waals surface area contributed by atoms with Crippen LogP contribution in [0.1, 0.15) is 13.0 Å². The van der Waals surface area contributed by atoms with E-state index in [1.807, 2.05) is 42.5 Å². The molecule has 1 aromatic heterocycles. The topological polar surface area (TPSA) is 86.2 Å². The molecule has 7 nitrogen and oxygen atoms in total. The lowest BCUT2D eigenvalue weighted by Crippen LogP contribution is -2.21. The maximum Gasteiger partial charge on any atom is 0.361 e. The normalized spacial score (nSPS) is 12.0. The van der Waals surface area contributed by atoms with Gasteiger partial charge in [-0.1, -0.05) is 41.9 Å². The van der Waals surface area contributed by atoms with Crippen molar-refractivity contribution in [2.75, 3.05) is 7.11 Å². The van der Waals surface area contributed by atoms with Crippen molar-refractivity contribution in [1.82, 2.24) is 14.8 Å². The van der Waals surface area contributed by atoms with Crippen LogP contribution in [0.15, 0.2) is 65.5 Å². The van der Waals surface area contributed by atoms with Gasteiger partial charge in [-0.15, -0.1) is 0 Å². The van der Waals surface area contributed by atoms with Gasteiger partial charge in [-0.05, 0) is 42.0 Å². The van der Waals surface area contributed by atoms with Gasteiger partial charge in [0.25, 0.3) is 0 Å². The summed E-state index contributed by atoms with van der Waals surface area (Å²) in [6, 6.07) is 18.1. The monoisotopic (exact) mass is 423 g/mol. The number of hydrogen-bond donors (Lipinski definition) is 1. The summed E-state index contributed by atoms with van der Waals surface area (Å²) in [6.45, 7) is 1.60. The van der Waals surface area contributed by atoms with Gasteiger partial charge in [0.05, 0.1) is 12.1 Å². The molecule has 0 spiro atoms. The Balaban J connectivity index is 1.65. The number of fused-ring (bicyclic) bond motifs is 1. The number of ether oxygens (including phenoxy) is 2. The number of aromatic nitrogens is 3. The second-order valence-corrected chi connectivity index (χ2v) is 7.08. The Morgan fingerprint density at radius 3 is 2.50 bits per heavy atom. The van der Waals surface area contributed by atoms with Crippen molar-refractivity contribution in [1.29, 1.82) is 0 Å². The zero-order valence-corrected chi connectivity index (χ0v) is 17.0. The molecule has 30 heavy (non-hydrogen) atoms. The highest BCUT2D eigenvalue weighted by Gasteiger charge is 2.22. The standard InChI is InChI=1S/C22H18ClN3O4/c1-13(21(27)29-2)26-20(24-22(28)25-26)18-10-9-17(12-19(18)23)30-16-8-7-14-5-3-4-6-15(14)11-16/h3-13H,1-2H3,(H,25,28). The molecule has 0 fully saturated rings. The van der Waals surface area contributed by atoms with Crippen LogP contribution in [-0.4, -0.2) is 27.8 Å². The van der Waals surface area contributed by atoms with Crippen molar-refractivity contribution in [2.45, 2.75) is 13.0 Å². The van der Waals surface area contributed by atoms with Gasteiger partial charge in [-0.3, -0.25) is 4.68 Å². The van der Waals surface area contributed by atoms with E-state index in [1.54, 1.807) is 25.1 Å². The second-order valence-electron chi connectivity index (χ2n) is 6.67. The number of esters is 1. The van der Waals surface area contributed by atoms with Crippen molar-refractivity contribution in [3.8, 4) is 22.9 Å². The molecule has 0 saturated carbocycles. The van der Waals surface area contributed by atoms with Gasteiger partial charge < -0.3 is 9.47 Å². The number of aromatic amines is 1. The number of nitrogens with one attached hydrogen (secondary N) is 1. The molecule has 1 heterocycles. The van der Waals surface area contributed by atoms with E-state index in [9.17, 15) is 9.59 Å². The number of methoxy groups -OCH3 is 1. The predicted octanol–water partition coefficient (Wildman–Crippen LogP) is 4.57. The molecule has 1 unspecified atom stereocenters. The number of benzene rings is 3. The lowest BCUT2D eigenvalue weighted by molar-refractivity contribution is -0.144. The van der Waals surface area contributed by atoms with E-state index in [1.165, 1.54) is 11.8 Å². The molecular weight excluding hydrogens is 406 g/mol. The third-order valence-corrected chi connectivity index (χ3v) is 5.03. The molecule has 4 aromatic rings. The van der Waals surface area contributed by atoms with E-state index in [4.69, 9.17) is 21.1 Å². The SMILES string of the molecule is COC(=O)C(C)n1[nH]c(=O)nc1-c1ccc(Oc2ccc3ccccc3c2)cc1Cl. The fourth-order valence-corrected chi connectivity index (χ4v) is 3.44. The predicted molar refractivity (Wildman–Crippen MR) is 114 cm³/mol. The van der Waals surface area contributed by atoms with E-state index >= 15 is 0 Å². The minimum Gasteiger partial charge on any atom is -0.467 e. The van der Waals surface area contributed by atoms with Crippen molar-refractivity contribution in [2.24, 2.45) is 0 Å². The highest BCUT2D eigenvalue weighted by atomic mass is 35.5. The molecule has 1 atom stereocenters. The van der Waals surface area contributed by atoms with E-state index in [-0.39, 0.29) is 5.82 Å². The zero-order valence-electron chi connectivity index (χ0n) is 16.3. The molecule has 0 aliphatic heterocycles. The molecule has 4 rings (SSSR count). The number of carbonyl (C=O) groups is 1. The summed E-state index contributed by atoms with van der Waals surface area (Å²) in [5.41, 5.74) is -0.107. The van der Waals surface area contributed by atoms with Crippen molar-refractivity contribution in [3.63, 3.8) is 0 Å². The number of hydrogen-bond acceptors (Lipinski definition) is 5. The molecule has 0 amide bonds. The van der Waals surface area contributed by atoms with Crippen LogP contribution in [0.25, 0.3) is 22.2 Å². The zero-order chi connectivity index (χ0) is 21.3. The van der Waals surface area contributed by atoms with E-state index < -0.39 is 17.7 Å². The minimum absolute atomic E-state index is 0.236. The summed E-state index contributed by atoms with van der Waals surface area (Å²) >= 11 is 6.46. The molecular formula is C22H18ClN3O4. The lowest BCUT2D eigenvalue weighted by Gasteiger charge is -2.14. The average Bonchev–Trinajstić information content (AvgIpc) is 3.14.